The van der Waals surface area contributed by atoms with E-state index in [0.29, 0.717) is 12.3 Å². The summed E-state index contributed by atoms with van der Waals surface area (Å²) in [6, 6.07) is 8.54. The molecule has 1 aliphatic rings. The fourth-order valence-corrected chi connectivity index (χ4v) is 3.53. The fourth-order valence-electron chi connectivity index (χ4n) is 2.40. The summed E-state index contributed by atoms with van der Waals surface area (Å²) < 4.78 is 0. The molecule has 0 bridgehead atoms. The van der Waals surface area contributed by atoms with Gasteiger partial charge >= 0.3 is 0 Å². The number of nitrogens with zero attached hydrogens (tertiary/aromatic N) is 1. The first kappa shape index (κ1) is 12.5. The zero-order chi connectivity index (χ0) is 13.4. The summed E-state index contributed by atoms with van der Waals surface area (Å²) in [5.74, 6) is 0.752. The van der Waals surface area contributed by atoms with E-state index in [4.69, 9.17) is 0 Å². The molecule has 0 radical (unpaired) electrons. The summed E-state index contributed by atoms with van der Waals surface area (Å²) in [4.78, 5) is 17.5. The summed E-state index contributed by atoms with van der Waals surface area (Å²) in [5.41, 5.74) is 3.18. The van der Waals surface area contributed by atoms with Crippen molar-refractivity contribution in [2.45, 2.75) is 39.0 Å². The average molecular weight is 271 g/mol. The lowest BCUT2D eigenvalue weighted by Gasteiger charge is -2.06. The van der Waals surface area contributed by atoms with E-state index in [1.807, 2.05) is 0 Å². The first-order valence-electron chi connectivity index (χ1n) is 6.78. The molecule has 0 aliphatic heterocycles. The molecule has 1 heterocycles. The molecular formula is C16H17NOS. The Labute approximate surface area is 117 Å². The second-order valence-electron chi connectivity index (χ2n) is 5.34. The molecule has 0 saturated carbocycles. The number of hydrogen-bond donors (Lipinski definition) is 0. The Kier molecular flexibility index (Phi) is 3.23. The molecule has 1 aliphatic carbocycles. The van der Waals surface area contributed by atoms with Crippen LogP contribution < -0.4 is 0 Å². The molecule has 0 spiro atoms. The number of hydrogen-bond acceptors (Lipinski definition) is 3. The van der Waals surface area contributed by atoms with Crippen LogP contribution in [0.2, 0.25) is 0 Å². The van der Waals surface area contributed by atoms with Crippen LogP contribution in [0.25, 0.3) is 10.6 Å². The van der Waals surface area contributed by atoms with Crippen molar-refractivity contribution in [1.82, 2.24) is 4.98 Å². The van der Waals surface area contributed by atoms with Crippen molar-refractivity contribution in [2.24, 2.45) is 0 Å². The highest BCUT2D eigenvalue weighted by Gasteiger charge is 2.22. The van der Waals surface area contributed by atoms with Gasteiger partial charge in [-0.3, -0.25) is 4.79 Å². The molecule has 19 heavy (non-hydrogen) atoms. The molecule has 3 rings (SSSR count). The molecule has 98 valence electrons. The van der Waals surface area contributed by atoms with E-state index in [2.05, 4.69) is 43.1 Å². The van der Waals surface area contributed by atoms with Gasteiger partial charge in [0.2, 0.25) is 0 Å². The van der Waals surface area contributed by atoms with E-state index in [1.54, 1.807) is 11.3 Å². The molecule has 1 aromatic carbocycles. The Hall–Kier alpha value is -1.48. The van der Waals surface area contributed by atoms with E-state index in [9.17, 15) is 4.79 Å². The van der Waals surface area contributed by atoms with E-state index in [1.165, 1.54) is 10.4 Å². The number of fused-ring (bicyclic) bond motifs is 1. The fraction of sp³-hybridized carbons (Fsp3) is 0.375. The molecule has 2 aromatic rings. The van der Waals surface area contributed by atoms with E-state index >= 15 is 0 Å². The Bertz CT molecular complexity index is 610. The maximum atomic E-state index is 11.8. The van der Waals surface area contributed by atoms with Crippen LogP contribution in [0.4, 0.5) is 0 Å². The highest BCUT2D eigenvalue weighted by molar-refractivity contribution is 7.15. The van der Waals surface area contributed by atoms with Crippen LogP contribution in [-0.2, 0) is 6.42 Å². The van der Waals surface area contributed by atoms with Crippen LogP contribution >= 0.6 is 11.3 Å². The van der Waals surface area contributed by atoms with Gasteiger partial charge in [-0.2, -0.15) is 0 Å². The molecule has 0 unspecified atom stereocenters. The number of carbonyl (C=O) groups excluding carboxylic acids is 1. The van der Waals surface area contributed by atoms with Gasteiger partial charge in [-0.15, -0.1) is 11.3 Å². The highest BCUT2D eigenvalue weighted by atomic mass is 32.1. The second kappa shape index (κ2) is 4.89. The first-order chi connectivity index (χ1) is 9.15. The van der Waals surface area contributed by atoms with Gasteiger partial charge in [-0.1, -0.05) is 38.1 Å². The average Bonchev–Trinajstić information content (AvgIpc) is 2.84. The van der Waals surface area contributed by atoms with E-state index in [-0.39, 0.29) is 5.78 Å². The Morgan fingerprint density at radius 2 is 1.89 bits per heavy atom. The third-order valence-electron chi connectivity index (χ3n) is 3.59. The second-order valence-corrected chi connectivity index (χ2v) is 6.43. The molecule has 3 heteroatoms. The lowest BCUT2D eigenvalue weighted by Crippen LogP contribution is -2.08. The lowest BCUT2D eigenvalue weighted by molar-refractivity contribution is 0.0968. The van der Waals surface area contributed by atoms with Crippen LogP contribution in [0.3, 0.4) is 0 Å². The monoisotopic (exact) mass is 271 g/mol. The number of benzene rings is 1. The zero-order valence-corrected chi connectivity index (χ0v) is 12.1. The van der Waals surface area contributed by atoms with Gasteiger partial charge in [-0.25, -0.2) is 4.98 Å². The number of ketones is 1. The van der Waals surface area contributed by atoms with Crippen molar-refractivity contribution >= 4 is 17.1 Å². The Balaban J connectivity index is 1.96. The smallest absolute Gasteiger partial charge is 0.182 e. The van der Waals surface area contributed by atoms with Crippen LogP contribution in [0, 0.1) is 0 Å². The summed E-state index contributed by atoms with van der Waals surface area (Å²) in [5, 5.41) is 0.982. The van der Waals surface area contributed by atoms with Gasteiger partial charge in [-0.05, 0) is 24.3 Å². The highest BCUT2D eigenvalue weighted by Crippen LogP contribution is 2.33. The normalized spacial score (nSPS) is 14.8. The molecule has 0 N–H and O–H groups in total. The molecule has 0 saturated heterocycles. The predicted octanol–water partition coefficient (Wildman–Crippen LogP) is 4.45. The van der Waals surface area contributed by atoms with Gasteiger partial charge in [0.05, 0.1) is 0 Å². The number of Topliss-reactive ketones (excluding diaryl/α,β-unsaturated/α-hetero) is 1. The maximum Gasteiger partial charge on any atom is 0.182 e. The van der Waals surface area contributed by atoms with Crippen molar-refractivity contribution in [2.75, 3.05) is 0 Å². The third kappa shape index (κ3) is 2.35. The quantitative estimate of drug-likeness (QED) is 0.807. The Morgan fingerprint density at radius 3 is 2.53 bits per heavy atom. The number of aromatic nitrogens is 1. The minimum Gasteiger partial charge on any atom is -0.292 e. The topological polar surface area (TPSA) is 30.0 Å². The lowest BCUT2D eigenvalue weighted by atomic mass is 10.0. The van der Waals surface area contributed by atoms with Gasteiger partial charge < -0.3 is 0 Å². The van der Waals surface area contributed by atoms with Gasteiger partial charge in [0.1, 0.15) is 10.7 Å². The van der Waals surface area contributed by atoms with Crippen molar-refractivity contribution in [3.8, 4) is 10.6 Å². The van der Waals surface area contributed by atoms with Crippen molar-refractivity contribution in [3.05, 3.63) is 40.4 Å². The van der Waals surface area contributed by atoms with E-state index < -0.39 is 0 Å². The number of aryl methyl sites for hydroxylation is 1. The van der Waals surface area contributed by atoms with E-state index in [0.717, 1.165) is 29.1 Å². The standard InChI is InChI=1S/C16H17NOS/c1-10(2)11-6-8-12(9-7-11)16-17-15-13(18)4-3-5-14(15)19-16/h6-10H,3-5H2,1-2H3. The Morgan fingerprint density at radius 1 is 1.16 bits per heavy atom. The summed E-state index contributed by atoms with van der Waals surface area (Å²) in [6.45, 7) is 4.38. The minimum absolute atomic E-state index is 0.211. The zero-order valence-electron chi connectivity index (χ0n) is 11.3. The summed E-state index contributed by atoms with van der Waals surface area (Å²) in [7, 11) is 0. The molecule has 1 aromatic heterocycles. The van der Waals surface area contributed by atoms with Gasteiger partial charge in [0, 0.05) is 16.9 Å². The molecule has 0 atom stereocenters. The third-order valence-corrected chi connectivity index (χ3v) is 4.76. The van der Waals surface area contributed by atoms with Crippen molar-refractivity contribution in [3.63, 3.8) is 0 Å². The van der Waals surface area contributed by atoms with Crippen LogP contribution in [0.1, 0.15) is 53.5 Å². The van der Waals surface area contributed by atoms with Gasteiger partial charge in [0.15, 0.2) is 5.78 Å². The first-order valence-corrected chi connectivity index (χ1v) is 7.60. The maximum absolute atomic E-state index is 11.8. The molecular weight excluding hydrogens is 254 g/mol. The molecule has 0 amide bonds. The van der Waals surface area contributed by atoms with Gasteiger partial charge in [0.25, 0.3) is 0 Å². The van der Waals surface area contributed by atoms with Crippen molar-refractivity contribution in [1.29, 1.82) is 0 Å². The van der Waals surface area contributed by atoms with Crippen LogP contribution in [0.5, 0.6) is 0 Å². The number of thiazole rings is 1. The summed E-state index contributed by atoms with van der Waals surface area (Å²) >= 11 is 1.67. The molecule has 0 fully saturated rings. The summed E-state index contributed by atoms with van der Waals surface area (Å²) in [6.07, 6.45) is 2.63. The minimum atomic E-state index is 0.211. The number of rotatable bonds is 2. The number of carbonyl (C=O) groups is 1. The van der Waals surface area contributed by atoms with Crippen LogP contribution in [0.15, 0.2) is 24.3 Å². The SMILES string of the molecule is CC(C)c1ccc(-c2nc3c(s2)CCCC3=O)cc1. The van der Waals surface area contributed by atoms with Crippen LogP contribution in [-0.4, -0.2) is 10.8 Å². The molecule has 2 nitrogen and oxygen atoms in total. The largest absolute Gasteiger partial charge is 0.292 e. The predicted molar refractivity (Wildman–Crippen MR) is 78.9 cm³/mol. The van der Waals surface area contributed by atoms with Crippen molar-refractivity contribution < 1.29 is 4.79 Å².